The summed E-state index contributed by atoms with van der Waals surface area (Å²) >= 11 is 0. The summed E-state index contributed by atoms with van der Waals surface area (Å²) < 4.78 is 6.60. The van der Waals surface area contributed by atoms with Gasteiger partial charge in [0.15, 0.2) is 0 Å². The molecule has 0 saturated heterocycles. The molecule has 0 aliphatic rings. The molecule has 0 bridgehead atoms. The first kappa shape index (κ1) is 24.5. The van der Waals surface area contributed by atoms with Crippen molar-refractivity contribution in [1.29, 1.82) is 0 Å². The number of aromatic amines is 1. The number of hydrogen-bond donors (Lipinski definition) is 2. The molecular weight excluding hydrogens is 458 g/mol. The van der Waals surface area contributed by atoms with E-state index in [9.17, 15) is 14.9 Å². The van der Waals surface area contributed by atoms with Gasteiger partial charge in [0.05, 0.1) is 34.7 Å². The van der Waals surface area contributed by atoms with Crippen LogP contribution in [0.4, 0.5) is 22.7 Å². The Bertz CT molecular complexity index is 1430. The number of rotatable bonds is 9. The molecule has 9 nitrogen and oxygen atoms in total. The highest BCUT2D eigenvalue weighted by molar-refractivity contribution is 6.01. The van der Waals surface area contributed by atoms with Gasteiger partial charge < -0.3 is 10.1 Å². The van der Waals surface area contributed by atoms with Crippen LogP contribution in [0.25, 0.3) is 5.69 Å². The van der Waals surface area contributed by atoms with Crippen LogP contribution in [0.2, 0.25) is 0 Å². The van der Waals surface area contributed by atoms with Gasteiger partial charge in [-0.05, 0) is 74.0 Å². The summed E-state index contributed by atoms with van der Waals surface area (Å²) in [6.07, 6.45) is 1.51. The van der Waals surface area contributed by atoms with Gasteiger partial charge in [-0.1, -0.05) is 13.3 Å². The number of aliphatic imine (C=N–C) groups is 1. The van der Waals surface area contributed by atoms with Crippen molar-refractivity contribution in [3.8, 4) is 11.4 Å². The quantitative estimate of drug-likeness (QED) is 0.173. The molecule has 2 N–H and O–H groups in total. The third kappa shape index (κ3) is 5.35. The van der Waals surface area contributed by atoms with Gasteiger partial charge in [-0.3, -0.25) is 25.0 Å². The number of non-ortho nitro benzene ring substituents is 1. The fourth-order valence-corrected chi connectivity index (χ4v) is 3.90. The van der Waals surface area contributed by atoms with Crippen LogP contribution in [0.5, 0.6) is 5.75 Å². The number of benzene rings is 3. The second kappa shape index (κ2) is 10.7. The molecule has 4 aromatic rings. The van der Waals surface area contributed by atoms with Crippen molar-refractivity contribution in [3.63, 3.8) is 0 Å². The Morgan fingerprint density at radius 3 is 2.19 bits per heavy atom. The minimum Gasteiger partial charge on any atom is -0.497 e. The second-order valence-electron chi connectivity index (χ2n) is 8.23. The molecule has 0 atom stereocenters. The predicted molar refractivity (Wildman–Crippen MR) is 142 cm³/mol. The first-order valence-electron chi connectivity index (χ1n) is 11.5. The van der Waals surface area contributed by atoms with Gasteiger partial charge in [0.25, 0.3) is 11.2 Å². The van der Waals surface area contributed by atoms with Gasteiger partial charge in [0.1, 0.15) is 5.75 Å². The Morgan fingerprint density at radius 2 is 1.64 bits per heavy atom. The van der Waals surface area contributed by atoms with E-state index in [1.807, 2.05) is 62.4 Å². The van der Waals surface area contributed by atoms with Gasteiger partial charge >= 0.3 is 0 Å². The van der Waals surface area contributed by atoms with Crippen LogP contribution in [0.3, 0.4) is 0 Å². The topological polar surface area (TPSA) is 115 Å². The summed E-state index contributed by atoms with van der Waals surface area (Å²) in [5, 5.41) is 17.5. The minimum absolute atomic E-state index is 0.0324. The van der Waals surface area contributed by atoms with E-state index in [2.05, 4.69) is 10.4 Å². The van der Waals surface area contributed by atoms with Crippen LogP contribution in [0.1, 0.15) is 31.5 Å². The highest BCUT2D eigenvalue weighted by Gasteiger charge is 2.18. The maximum absolute atomic E-state index is 13.3. The summed E-state index contributed by atoms with van der Waals surface area (Å²) in [5.74, 6) is 0.792. The normalized spacial score (nSPS) is 11.4. The van der Waals surface area contributed by atoms with Crippen molar-refractivity contribution in [2.75, 3.05) is 12.4 Å². The molecule has 9 heteroatoms. The number of H-pyrrole nitrogens is 1. The zero-order valence-corrected chi connectivity index (χ0v) is 20.3. The predicted octanol–water partition coefficient (Wildman–Crippen LogP) is 5.92. The standard InChI is InChI=1S/C27H27N5O4/c1-4-5-25-26(27(33)31(30-25)22-12-14-23(15-13-22)32(34)35)18(2)28-19-6-8-20(9-7-19)29-21-10-16-24(36-3)17-11-21/h6-17,29-30H,4-5H2,1-3H3. The van der Waals surface area contributed by atoms with Crippen LogP contribution in [0.15, 0.2) is 82.6 Å². The van der Waals surface area contributed by atoms with E-state index in [0.717, 1.165) is 34.9 Å². The molecule has 0 spiro atoms. The number of nitrogens with one attached hydrogen (secondary N) is 2. The number of aryl methyl sites for hydroxylation is 1. The molecule has 1 aromatic heterocycles. The zero-order chi connectivity index (χ0) is 25.7. The molecular formula is C27H27N5O4. The summed E-state index contributed by atoms with van der Waals surface area (Å²) in [7, 11) is 1.63. The fraction of sp³-hybridized carbons (Fsp3) is 0.185. The van der Waals surface area contributed by atoms with E-state index in [1.165, 1.54) is 16.8 Å². The lowest BCUT2D eigenvalue weighted by atomic mass is 10.1. The van der Waals surface area contributed by atoms with Crippen LogP contribution in [-0.4, -0.2) is 27.5 Å². The van der Waals surface area contributed by atoms with E-state index in [4.69, 9.17) is 9.73 Å². The number of anilines is 2. The number of hydrogen-bond acceptors (Lipinski definition) is 6. The third-order valence-electron chi connectivity index (χ3n) is 5.69. The summed E-state index contributed by atoms with van der Waals surface area (Å²) in [6.45, 7) is 3.85. The molecule has 0 amide bonds. The molecule has 0 radical (unpaired) electrons. The molecule has 0 aliphatic carbocycles. The van der Waals surface area contributed by atoms with E-state index in [0.29, 0.717) is 23.4 Å². The molecule has 0 fully saturated rings. The van der Waals surface area contributed by atoms with Crippen LogP contribution >= 0.6 is 0 Å². The average Bonchev–Trinajstić information content (AvgIpc) is 3.21. The Labute approximate surface area is 208 Å². The van der Waals surface area contributed by atoms with E-state index in [-0.39, 0.29) is 11.2 Å². The maximum atomic E-state index is 13.3. The van der Waals surface area contributed by atoms with E-state index < -0.39 is 4.92 Å². The summed E-state index contributed by atoms with van der Waals surface area (Å²) in [5.41, 5.74) is 4.69. The number of nitro groups is 1. The van der Waals surface area contributed by atoms with Crippen molar-refractivity contribution in [1.82, 2.24) is 9.78 Å². The van der Waals surface area contributed by atoms with Gasteiger partial charge in [-0.15, -0.1) is 0 Å². The Balaban J connectivity index is 1.59. The highest BCUT2D eigenvalue weighted by Crippen LogP contribution is 2.23. The number of nitrogens with zero attached hydrogens (tertiary/aromatic N) is 3. The van der Waals surface area contributed by atoms with Crippen molar-refractivity contribution in [3.05, 3.63) is 105 Å². The smallest absolute Gasteiger partial charge is 0.280 e. The monoisotopic (exact) mass is 485 g/mol. The van der Waals surface area contributed by atoms with Crippen LogP contribution < -0.4 is 15.6 Å². The van der Waals surface area contributed by atoms with Crippen molar-refractivity contribution >= 4 is 28.5 Å². The third-order valence-corrected chi connectivity index (χ3v) is 5.69. The SMILES string of the molecule is CCCc1[nH]n(-c2ccc([N+](=O)[O-])cc2)c(=O)c1C(C)=Nc1ccc(Nc2ccc(OC)cc2)cc1. The Kier molecular flexibility index (Phi) is 7.29. The summed E-state index contributed by atoms with van der Waals surface area (Å²) in [6, 6.07) is 21.1. The molecule has 4 rings (SSSR count). The zero-order valence-electron chi connectivity index (χ0n) is 20.3. The van der Waals surface area contributed by atoms with Crippen molar-refractivity contribution in [2.45, 2.75) is 26.7 Å². The number of nitro benzene ring substituents is 1. The Hall–Kier alpha value is -4.66. The molecule has 0 saturated carbocycles. The largest absolute Gasteiger partial charge is 0.497 e. The molecule has 3 aromatic carbocycles. The first-order chi connectivity index (χ1) is 17.4. The van der Waals surface area contributed by atoms with Crippen LogP contribution in [0, 0.1) is 10.1 Å². The molecule has 0 unspecified atom stereocenters. The van der Waals surface area contributed by atoms with Gasteiger partial charge in [0.2, 0.25) is 0 Å². The Morgan fingerprint density at radius 1 is 1.03 bits per heavy atom. The lowest BCUT2D eigenvalue weighted by molar-refractivity contribution is -0.384. The van der Waals surface area contributed by atoms with Crippen LogP contribution in [-0.2, 0) is 6.42 Å². The minimum atomic E-state index is -0.468. The van der Waals surface area contributed by atoms with Gasteiger partial charge in [-0.25, -0.2) is 4.68 Å². The molecule has 1 heterocycles. The number of ether oxygens (including phenoxy) is 1. The van der Waals surface area contributed by atoms with E-state index >= 15 is 0 Å². The van der Waals surface area contributed by atoms with Crippen molar-refractivity contribution in [2.24, 2.45) is 4.99 Å². The fourth-order valence-electron chi connectivity index (χ4n) is 3.90. The first-order valence-corrected chi connectivity index (χ1v) is 11.5. The molecule has 0 aliphatic heterocycles. The van der Waals surface area contributed by atoms with E-state index in [1.54, 1.807) is 19.2 Å². The lowest BCUT2D eigenvalue weighted by Crippen LogP contribution is -2.19. The number of aromatic nitrogens is 2. The van der Waals surface area contributed by atoms with Gasteiger partial charge in [-0.2, -0.15) is 0 Å². The number of methoxy groups -OCH3 is 1. The lowest BCUT2D eigenvalue weighted by Gasteiger charge is -2.08. The van der Waals surface area contributed by atoms with Gasteiger partial charge in [0, 0.05) is 29.2 Å². The maximum Gasteiger partial charge on any atom is 0.280 e. The van der Waals surface area contributed by atoms with Crippen molar-refractivity contribution < 1.29 is 9.66 Å². The highest BCUT2D eigenvalue weighted by atomic mass is 16.6. The molecule has 184 valence electrons. The summed E-state index contributed by atoms with van der Waals surface area (Å²) in [4.78, 5) is 28.5. The second-order valence-corrected chi connectivity index (χ2v) is 8.23. The molecule has 36 heavy (non-hydrogen) atoms. The average molecular weight is 486 g/mol.